The smallest absolute Gasteiger partial charge is 0.0271 e. The zero-order valence-electron chi connectivity index (χ0n) is 6.91. The molecular weight excluding hydrogens is 200 g/mol. The molecule has 0 amide bonds. The Bertz CT molecular complexity index is 178. The van der Waals surface area contributed by atoms with E-state index in [1.54, 1.807) is 6.42 Å². The lowest BCUT2D eigenvalue weighted by molar-refractivity contribution is -0.0480. The second-order valence-electron chi connectivity index (χ2n) is 5.17. The van der Waals surface area contributed by atoms with Crippen LogP contribution in [0.5, 0.6) is 0 Å². The van der Waals surface area contributed by atoms with Crippen LogP contribution in [-0.4, -0.2) is 4.32 Å². The van der Waals surface area contributed by atoms with E-state index < -0.39 is 0 Å². The summed E-state index contributed by atoms with van der Waals surface area (Å²) in [4.78, 5) is 0. The molecule has 0 aliphatic heterocycles. The molecule has 62 valence electrons. The predicted molar refractivity (Wildman–Crippen MR) is 49.9 cm³/mol. The average molecular weight is 215 g/mol. The minimum atomic E-state index is 0.621. The third-order valence-electron chi connectivity index (χ3n) is 4.08. The van der Waals surface area contributed by atoms with Gasteiger partial charge in [-0.2, -0.15) is 0 Å². The van der Waals surface area contributed by atoms with E-state index in [4.69, 9.17) is 0 Å². The molecule has 4 rings (SSSR count). The van der Waals surface area contributed by atoms with Crippen LogP contribution < -0.4 is 0 Å². The summed E-state index contributed by atoms with van der Waals surface area (Å²) in [6, 6.07) is 0. The maximum absolute atomic E-state index is 3.91. The van der Waals surface area contributed by atoms with Crippen LogP contribution in [0.3, 0.4) is 0 Å². The van der Waals surface area contributed by atoms with Crippen molar-refractivity contribution in [2.75, 3.05) is 0 Å². The van der Waals surface area contributed by atoms with Gasteiger partial charge in [0.15, 0.2) is 0 Å². The van der Waals surface area contributed by atoms with Crippen LogP contribution in [0.25, 0.3) is 0 Å². The van der Waals surface area contributed by atoms with Crippen molar-refractivity contribution in [2.45, 2.75) is 49.3 Å². The maximum atomic E-state index is 3.91. The lowest BCUT2D eigenvalue weighted by atomic mass is 9.47. The van der Waals surface area contributed by atoms with Crippen LogP contribution in [0.2, 0.25) is 0 Å². The first-order valence-electron chi connectivity index (χ1n) is 4.89. The van der Waals surface area contributed by atoms with E-state index in [1.807, 2.05) is 0 Å². The zero-order chi connectivity index (χ0) is 7.53. The first-order chi connectivity index (χ1) is 5.20. The van der Waals surface area contributed by atoms with E-state index >= 15 is 0 Å². The predicted octanol–water partition coefficient (Wildman–Crippen LogP) is 3.49. The fourth-order valence-corrected chi connectivity index (χ4v) is 5.68. The molecule has 1 unspecified atom stereocenters. The molecule has 1 atom stereocenters. The van der Waals surface area contributed by atoms with Gasteiger partial charge in [-0.1, -0.05) is 28.8 Å². The third-order valence-corrected chi connectivity index (χ3v) is 4.96. The van der Waals surface area contributed by atoms with Crippen LogP contribution in [-0.2, 0) is 0 Å². The molecule has 1 spiro atoms. The lowest BCUT2D eigenvalue weighted by Gasteiger charge is -2.63. The highest BCUT2D eigenvalue weighted by Crippen LogP contribution is 2.68. The molecular formula is C10H15Br. The number of halogens is 1. The molecule has 4 saturated carbocycles. The van der Waals surface area contributed by atoms with Crippen LogP contribution in [0.1, 0.15) is 44.9 Å². The van der Waals surface area contributed by atoms with Crippen molar-refractivity contribution >= 4 is 15.9 Å². The van der Waals surface area contributed by atoms with Crippen LogP contribution in [0.15, 0.2) is 0 Å². The van der Waals surface area contributed by atoms with E-state index in [2.05, 4.69) is 15.9 Å². The zero-order valence-corrected chi connectivity index (χ0v) is 8.49. The summed E-state index contributed by atoms with van der Waals surface area (Å²) in [7, 11) is 0. The van der Waals surface area contributed by atoms with Crippen molar-refractivity contribution < 1.29 is 0 Å². The molecule has 0 nitrogen and oxygen atoms in total. The Kier molecular flexibility index (Phi) is 1.18. The molecule has 1 heteroatoms. The van der Waals surface area contributed by atoms with Crippen molar-refractivity contribution in [3.8, 4) is 0 Å². The van der Waals surface area contributed by atoms with Crippen molar-refractivity contribution in [1.82, 2.24) is 0 Å². The Morgan fingerprint density at radius 3 is 2.73 bits per heavy atom. The number of rotatable bonds is 0. The SMILES string of the molecule is BrC12CC3CCCC(C3)(C1)C2. The summed E-state index contributed by atoms with van der Waals surface area (Å²) in [6.07, 6.45) is 10.6. The Labute approximate surface area is 76.9 Å². The van der Waals surface area contributed by atoms with Gasteiger partial charge in [-0.3, -0.25) is 0 Å². The quantitative estimate of drug-likeness (QED) is 0.542. The summed E-state index contributed by atoms with van der Waals surface area (Å²) in [5, 5.41) is 0. The maximum Gasteiger partial charge on any atom is 0.0271 e. The van der Waals surface area contributed by atoms with Gasteiger partial charge < -0.3 is 0 Å². The van der Waals surface area contributed by atoms with E-state index in [0.717, 1.165) is 11.3 Å². The highest BCUT2D eigenvalue weighted by Gasteiger charge is 2.59. The molecule has 11 heavy (non-hydrogen) atoms. The number of hydrogen-bond donors (Lipinski definition) is 0. The summed E-state index contributed by atoms with van der Waals surface area (Å²) in [6.45, 7) is 0. The van der Waals surface area contributed by atoms with Gasteiger partial charge in [-0.05, 0) is 43.4 Å². The molecule has 4 aliphatic carbocycles. The molecule has 0 radical (unpaired) electrons. The Morgan fingerprint density at radius 1 is 1.18 bits per heavy atom. The molecule has 0 aromatic carbocycles. The van der Waals surface area contributed by atoms with Gasteiger partial charge >= 0.3 is 0 Å². The highest BCUT2D eigenvalue weighted by molar-refractivity contribution is 9.10. The molecule has 0 aromatic rings. The monoisotopic (exact) mass is 214 g/mol. The number of alkyl halides is 1. The fraction of sp³-hybridized carbons (Fsp3) is 1.00. The summed E-state index contributed by atoms with van der Waals surface area (Å²) >= 11 is 3.91. The molecule has 0 aromatic heterocycles. The third kappa shape index (κ3) is 0.867. The molecule has 4 fully saturated rings. The van der Waals surface area contributed by atoms with Gasteiger partial charge in [0.25, 0.3) is 0 Å². The Morgan fingerprint density at radius 2 is 2.00 bits per heavy atom. The van der Waals surface area contributed by atoms with Gasteiger partial charge in [0.1, 0.15) is 0 Å². The van der Waals surface area contributed by atoms with Gasteiger partial charge in [0.2, 0.25) is 0 Å². The van der Waals surface area contributed by atoms with Gasteiger partial charge in [-0.25, -0.2) is 0 Å². The molecule has 0 heterocycles. The molecule has 4 aliphatic rings. The molecule has 0 N–H and O–H groups in total. The van der Waals surface area contributed by atoms with E-state index in [9.17, 15) is 0 Å². The van der Waals surface area contributed by atoms with E-state index in [0.29, 0.717) is 4.32 Å². The molecule has 3 bridgehead atoms. The van der Waals surface area contributed by atoms with Crippen molar-refractivity contribution in [1.29, 1.82) is 0 Å². The number of hydrogen-bond acceptors (Lipinski definition) is 0. The molecule has 0 saturated heterocycles. The summed E-state index contributed by atoms with van der Waals surface area (Å²) in [5.41, 5.74) is 0.838. The van der Waals surface area contributed by atoms with Crippen molar-refractivity contribution in [2.24, 2.45) is 11.3 Å². The first kappa shape index (κ1) is 6.94. The first-order valence-corrected chi connectivity index (χ1v) is 5.68. The Hall–Kier alpha value is 0.480. The highest BCUT2D eigenvalue weighted by atomic mass is 79.9. The van der Waals surface area contributed by atoms with Gasteiger partial charge in [0, 0.05) is 4.32 Å². The Balaban J connectivity index is 1.90. The average Bonchev–Trinajstić information content (AvgIpc) is 1.81. The standard InChI is InChI=1S/C10H15Br/c11-10-5-8-2-1-3-9(4-8,6-10)7-10/h8H,1-7H2. The summed E-state index contributed by atoms with van der Waals surface area (Å²) < 4.78 is 0.621. The van der Waals surface area contributed by atoms with E-state index in [1.165, 1.54) is 38.5 Å². The largest absolute Gasteiger partial charge is 0.0853 e. The lowest BCUT2D eigenvalue weighted by Crippen LogP contribution is -2.56. The minimum Gasteiger partial charge on any atom is -0.0853 e. The van der Waals surface area contributed by atoms with Crippen molar-refractivity contribution in [3.05, 3.63) is 0 Å². The van der Waals surface area contributed by atoms with E-state index in [-0.39, 0.29) is 0 Å². The topological polar surface area (TPSA) is 0 Å². The summed E-state index contributed by atoms with van der Waals surface area (Å²) in [5.74, 6) is 1.09. The van der Waals surface area contributed by atoms with Gasteiger partial charge in [-0.15, -0.1) is 0 Å². The van der Waals surface area contributed by atoms with Crippen LogP contribution >= 0.6 is 15.9 Å². The van der Waals surface area contributed by atoms with Crippen molar-refractivity contribution in [3.63, 3.8) is 0 Å². The van der Waals surface area contributed by atoms with Crippen LogP contribution in [0.4, 0.5) is 0 Å². The second-order valence-corrected chi connectivity index (χ2v) is 6.85. The minimum absolute atomic E-state index is 0.621. The van der Waals surface area contributed by atoms with Crippen LogP contribution in [0, 0.1) is 11.3 Å². The van der Waals surface area contributed by atoms with Gasteiger partial charge in [0.05, 0.1) is 0 Å². The fourth-order valence-electron chi connectivity index (χ4n) is 4.03. The second kappa shape index (κ2) is 1.86. The normalized spacial score (nSPS) is 60.3.